The minimum absolute atomic E-state index is 0.110. The molecule has 0 bridgehead atoms. The topological polar surface area (TPSA) is 128 Å². The summed E-state index contributed by atoms with van der Waals surface area (Å²) < 4.78 is 5.52. The zero-order chi connectivity index (χ0) is 31.6. The zero-order valence-electron chi connectivity index (χ0n) is 26.3. The average Bonchev–Trinajstić information content (AvgIpc) is 3.82. The van der Waals surface area contributed by atoms with Gasteiger partial charge in [0.25, 0.3) is 0 Å². The van der Waals surface area contributed by atoms with E-state index in [0.717, 1.165) is 60.2 Å². The third-order valence-corrected chi connectivity index (χ3v) is 9.89. The van der Waals surface area contributed by atoms with E-state index in [1.54, 1.807) is 7.05 Å². The first-order valence-electron chi connectivity index (χ1n) is 15.9. The molecule has 0 aliphatic carbocycles. The van der Waals surface area contributed by atoms with Gasteiger partial charge in [-0.2, -0.15) is 0 Å². The molecule has 1 spiro atoms. The molecule has 10 nitrogen and oxygen atoms in total. The fraction of sp³-hybridized carbons (Fsp3) is 0.457. The SMILES string of the molecule is CN=CN=C(N)c1ccc(C2=CCN(C(=O)CN3CC[C@]4(CCN(c5ccc(C)c(C(=N)C6CCOC6)c5)C4=O)C3)CC2)cc1. The number of amides is 2. The van der Waals surface area contributed by atoms with E-state index in [0.29, 0.717) is 57.5 Å². The van der Waals surface area contributed by atoms with Gasteiger partial charge < -0.3 is 25.7 Å². The van der Waals surface area contributed by atoms with Crippen LogP contribution in [0.4, 0.5) is 5.69 Å². The van der Waals surface area contributed by atoms with Crippen LogP contribution in [-0.4, -0.2) is 99.0 Å². The molecule has 2 aromatic rings. The summed E-state index contributed by atoms with van der Waals surface area (Å²) in [5.41, 5.74) is 12.2. The number of amidine groups is 1. The molecule has 4 aliphatic rings. The van der Waals surface area contributed by atoms with Crippen molar-refractivity contribution in [3.63, 3.8) is 0 Å². The van der Waals surface area contributed by atoms with Gasteiger partial charge in [-0.1, -0.05) is 36.4 Å². The van der Waals surface area contributed by atoms with Gasteiger partial charge in [-0.3, -0.25) is 19.5 Å². The van der Waals surface area contributed by atoms with Crippen LogP contribution in [0.3, 0.4) is 0 Å². The highest BCUT2D eigenvalue weighted by molar-refractivity contribution is 6.05. The molecule has 10 heteroatoms. The van der Waals surface area contributed by atoms with Gasteiger partial charge in [0.05, 0.1) is 18.6 Å². The van der Waals surface area contributed by atoms with E-state index in [1.165, 1.54) is 11.9 Å². The predicted octanol–water partition coefficient (Wildman–Crippen LogP) is 3.51. The molecule has 2 aromatic carbocycles. The molecule has 2 amide bonds. The first-order valence-corrected chi connectivity index (χ1v) is 15.9. The number of rotatable bonds is 8. The molecular formula is C35H43N7O3. The minimum atomic E-state index is -0.448. The van der Waals surface area contributed by atoms with Gasteiger partial charge in [0, 0.05) is 68.3 Å². The van der Waals surface area contributed by atoms with E-state index in [9.17, 15) is 9.59 Å². The number of nitrogens with zero attached hydrogens (tertiary/aromatic N) is 5. The standard InChI is InChI=1S/C35H43N7O3/c1-24-3-8-29(19-30(24)32(36)28-11-18-45-21-28)42-17-13-35(34(42)44)12-16-40(22-35)20-31(43)41-14-9-26(10-15-41)25-4-6-27(7-5-25)33(37)39-23-38-2/h3-9,19,23,28,36H,10-18,20-22H2,1-2H3,(H2,37,38,39)/t28?,35-/m0/s1. The highest BCUT2D eigenvalue weighted by Gasteiger charge is 2.51. The lowest BCUT2D eigenvalue weighted by atomic mass is 9.85. The monoisotopic (exact) mass is 609 g/mol. The van der Waals surface area contributed by atoms with Gasteiger partial charge in [0.15, 0.2) is 0 Å². The van der Waals surface area contributed by atoms with Crippen molar-refractivity contribution in [1.29, 1.82) is 5.41 Å². The normalized spacial score (nSPS) is 24.3. The van der Waals surface area contributed by atoms with Gasteiger partial charge in [0.2, 0.25) is 11.8 Å². The van der Waals surface area contributed by atoms with Crippen molar-refractivity contribution in [3.8, 4) is 0 Å². The lowest BCUT2D eigenvalue weighted by Gasteiger charge is -2.29. The van der Waals surface area contributed by atoms with Crippen molar-refractivity contribution in [2.45, 2.75) is 32.6 Å². The van der Waals surface area contributed by atoms with E-state index >= 15 is 0 Å². The second-order valence-corrected chi connectivity index (χ2v) is 12.7. The van der Waals surface area contributed by atoms with Gasteiger partial charge in [-0.25, -0.2) is 4.99 Å². The molecule has 6 rings (SSSR count). The van der Waals surface area contributed by atoms with Gasteiger partial charge in [0.1, 0.15) is 12.2 Å². The Labute approximate surface area is 265 Å². The van der Waals surface area contributed by atoms with Crippen LogP contribution in [0.5, 0.6) is 0 Å². The summed E-state index contributed by atoms with van der Waals surface area (Å²) in [6.45, 7) is 6.92. The fourth-order valence-corrected chi connectivity index (χ4v) is 7.09. The molecule has 3 saturated heterocycles. The fourth-order valence-electron chi connectivity index (χ4n) is 7.09. The number of ether oxygens (including phenoxy) is 1. The van der Waals surface area contributed by atoms with Crippen molar-refractivity contribution in [2.75, 3.05) is 64.4 Å². The van der Waals surface area contributed by atoms with Crippen LogP contribution < -0.4 is 10.6 Å². The lowest BCUT2D eigenvalue weighted by molar-refractivity contribution is -0.132. The van der Waals surface area contributed by atoms with Gasteiger partial charge in [-0.05, 0) is 68.0 Å². The second kappa shape index (κ2) is 13.1. The number of likely N-dealkylation sites (tertiary alicyclic amines) is 1. The van der Waals surface area contributed by atoms with Crippen LogP contribution in [0.1, 0.15) is 47.9 Å². The Hall–Kier alpha value is -4.15. The number of carbonyl (C=O) groups is 2. The summed E-state index contributed by atoms with van der Waals surface area (Å²) in [5.74, 6) is 0.791. The number of nitrogens with one attached hydrogen (secondary N) is 1. The summed E-state index contributed by atoms with van der Waals surface area (Å²) in [6, 6.07) is 14.0. The van der Waals surface area contributed by atoms with E-state index in [4.69, 9.17) is 15.9 Å². The third-order valence-electron chi connectivity index (χ3n) is 9.89. The first-order chi connectivity index (χ1) is 21.8. The van der Waals surface area contributed by atoms with Crippen molar-refractivity contribution < 1.29 is 14.3 Å². The van der Waals surface area contributed by atoms with Crippen LogP contribution in [0.15, 0.2) is 58.5 Å². The Balaban J connectivity index is 1.04. The van der Waals surface area contributed by atoms with Crippen LogP contribution in [0.25, 0.3) is 5.57 Å². The van der Waals surface area contributed by atoms with Crippen molar-refractivity contribution in [3.05, 3.63) is 70.8 Å². The maximum atomic E-state index is 13.9. The van der Waals surface area contributed by atoms with Crippen LogP contribution in [0, 0.1) is 23.7 Å². The van der Waals surface area contributed by atoms with Crippen molar-refractivity contribution in [1.82, 2.24) is 9.80 Å². The number of benzene rings is 2. The quantitative estimate of drug-likeness (QED) is 0.350. The number of anilines is 1. The predicted molar refractivity (Wildman–Crippen MR) is 178 cm³/mol. The highest BCUT2D eigenvalue weighted by atomic mass is 16.5. The smallest absolute Gasteiger partial charge is 0.237 e. The maximum absolute atomic E-state index is 13.9. The molecule has 236 valence electrons. The molecular weight excluding hydrogens is 566 g/mol. The second-order valence-electron chi connectivity index (χ2n) is 12.7. The van der Waals surface area contributed by atoms with E-state index < -0.39 is 5.41 Å². The Morgan fingerprint density at radius 3 is 2.67 bits per heavy atom. The largest absolute Gasteiger partial charge is 0.383 e. The highest BCUT2D eigenvalue weighted by Crippen LogP contribution is 2.42. The Kier molecular flexibility index (Phi) is 8.96. The zero-order valence-corrected chi connectivity index (χ0v) is 26.3. The summed E-state index contributed by atoms with van der Waals surface area (Å²) in [4.78, 5) is 41.1. The Morgan fingerprint density at radius 2 is 1.96 bits per heavy atom. The molecule has 4 aliphatic heterocycles. The van der Waals surface area contributed by atoms with Crippen LogP contribution in [0.2, 0.25) is 0 Å². The Morgan fingerprint density at radius 1 is 1.16 bits per heavy atom. The molecule has 0 radical (unpaired) electrons. The summed E-state index contributed by atoms with van der Waals surface area (Å²) in [5, 5.41) is 8.78. The maximum Gasteiger partial charge on any atom is 0.237 e. The number of hydrogen-bond acceptors (Lipinski definition) is 6. The molecule has 0 aromatic heterocycles. The number of aliphatic imine (C=N–C) groups is 2. The number of nitrogens with two attached hydrogens (primary N) is 1. The number of carbonyl (C=O) groups excluding carboxylic acids is 2. The average molecular weight is 610 g/mol. The third kappa shape index (κ3) is 6.35. The van der Waals surface area contributed by atoms with Crippen LogP contribution >= 0.6 is 0 Å². The van der Waals surface area contributed by atoms with E-state index in [2.05, 4.69) is 21.0 Å². The Bertz CT molecular complexity index is 1560. The summed E-state index contributed by atoms with van der Waals surface area (Å²) in [6.07, 6.45) is 6.78. The van der Waals surface area contributed by atoms with Crippen molar-refractivity contribution >= 4 is 41.0 Å². The first kappa shape index (κ1) is 30.9. The number of hydrogen-bond donors (Lipinski definition) is 2. The van der Waals surface area contributed by atoms with Gasteiger partial charge in [-0.15, -0.1) is 0 Å². The molecule has 4 heterocycles. The van der Waals surface area contributed by atoms with E-state index in [-0.39, 0.29) is 17.7 Å². The van der Waals surface area contributed by atoms with E-state index in [1.807, 2.05) is 59.2 Å². The van der Waals surface area contributed by atoms with Crippen molar-refractivity contribution in [2.24, 2.45) is 27.1 Å². The molecule has 1 unspecified atom stereocenters. The summed E-state index contributed by atoms with van der Waals surface area (Å²) in [7, 11) is 1.65. The summed E-state index contributed by atoms with van der Waals surface area (Å²) >= 11 is 0. The molecule has 45 heavy (non-hydrogen) atoms. The molecule has 3 fully saturated rings. The molecule has 3 N–H and O–H groups in total. The minimum Gasteiger partial charge on any atom is -0.383 e. The lowest BCUT2D eigenvalue weighted by Crippen LogP contribution is -2.43. The number of aryl methyl sites for hydroxylation is 1. The molecule has 0 saturated carbocycles. The van der Waals surface area contributed by atoms with Gasteiger partial charge >= 0.3 is 0 Å². The van der Waals surface area contributed by atoms with Crippen LogP contribution in [-0.2, 0) is 14.3 Å². The molecule has 2 atom stereocenters.